The topological polar surface area (TPSA) is 52.3 Å². The Morgan fingerprint density at radius 2 is 1.81 bits per heavy atom. The van der Waals surface area contributed by atoms with Gasteiger partial charge in [-0.25, -0.2) is 0 Å². The second-order valence-corrected chi connectivity index (χ2v) is 8.80. The first-order valence-corrected chi connectivity index (χ1v) is 11.3. The van der Waals surface area contributed by atoms with E-state index in [1.54, 1.807) is 0 Å². The van der Waals surface area contributed by atoms with E-state index in [2.05, 4.69) is 27.8 Å². The summed E-state index contributed by atoms with van der Waals surface area (Å²) in [5.41, 5.74) is 3.64. The van der Waals surface area contributed by atoms with Gasteiger partial charge in [0.25, 0.3) is 5.91 Å². The molecule has 1 aliphatic heterocycles. The fourth-order valence-corrected chi connectivity index (χ4v) is 5.15. The smallest absolute Gasteiger partial charge is 0.253 e. The van der Waals surface area contributed by atoms with Crippen molar-refractivity contribution in [1.29, 1.82) is 5.26 Å². The molecule has 1 aliphatic carbocycles. The summed E-state index contributed by atoms with van der Waals surface area (Å²) in [5.74, 6) is 0.141. The molecule has 5 rings (SSSR count). The van der Waals surface area contributed by atoms with Crippen LogP contribution < -0.4 is 0 Å². The first-order valence-electron chi connectivity index (χ1n) is 11.3. The zero-order valence-electron chi connectivity index (χ0n) is 17.8. The van der Waals surface area contributed by atoms with E-state index >= 15 is 0 Å². The minimum absolute atomic E-state index is 0.141. The number of carbonyl (C=O) groups excluding carboxylic acids is 1. The van der Waals surface area contributed by atoms with Crippen molar-refractivity contribution in [2.75, 3.05) is 26.2 Å². The molecule has 0 radical (unpaired) electrons. The van der Waals surface area contributed by atoms with Gasteiger partial charge in [-0.1, -0.05) is 25.0 Å². The highest BCUT2D eigenvalue weighted by molar-refractivity contribution is 5.98. The second-order valence-electron chi connectivity index (χ2n) is 8.80. The Balaban J connectivity index is 1.28. The van der Waals surface area contributed by atoms with Crippen molar-refractivity contribution in [1.82, 2.24) is 14.4 Å². The van der Waals surface area contributed by atoms with Gasteiger partial charge in [0.2, 0.25) is 0 Å². The second kappa shape index (κ2) is 8.56. The number of benzene rings is 2. The van der Waals surface area contributed by atoms with Crippen LogP contribution in [-0.4, -0.2) is 52.5 Å². The summed E-state index contributed by atoms with van der Waals surface area (Å²) in [4.78, 5) is 17.7. The Bertz CT molecular complexity index is 1130. The first-order chi connectivity index (χ1) is 15.2. The summed E-state index contributed by atoms with van der Waals surface area (Å²) < 4.78 is 2.17. The Morgan fingerprint density at radius 1 is 1.00 bits per heavy atom. The third-order valence-corrected chi connectivity index (χ3v) is 6.87. The Morgan fingerprint density at radius 3 is 2.58 bits per heavy atom. The molecule has 0 N–H and O–H groups in total. The molecule has 1 saturated carbocycles. The Labute approximate surface area is 183 Å². The highest BCUT2D eigenvalue weighted by Crippen LogP contribution is 2.25. The highest BCUT2D eigenvalue weighted by atomic mass is 16.2. The average molecular weight is 413 g/mol. The fraction of sp³-hybridized carbons (Fsp3) is 0.385. The van der Waals surface area contributed by atoms with Gasteiger partial charge < -0.3 is 9.47 Å². The number of hydrogen-bond donors (Lipinski definition) is 0. The lowest BCUT2D eigenvalue weighted by Crippen LogP contribution is -2.51. The summed E-state index contributed by atoms with van der Waals surface area (Å²) in [6.45, 7) is 4.34. The average Bonchev–Trinajstić information content (AvgIpc) is 3.49. The fourth-order valence-electron chi connectivity index (χ4n) is 5.15. The number of fused-ring (bicyclic) bond motifs is 1. The van der Waals surface area contributed by atoms with Crippen LogP contribution in [0.5, 0.6) is 0 Å². The normalized spacial score (nSPS) is 17.8. The number of piperazine rings is 1. The van der Waals surface area contributed by atoms with Crippen molar-refractivity contribution in [3.8, 4) is 6.07 Å². The van der Waals surface area contributed by atoms with Gasteiger partial charge in [0.1, 0.15) is 0 Å². The summed E-state index contributed by atoms with van der Waals surface area (Å²) in [6.07, 6.45) is 7.41. The summed E-state index contributed by atoms with van der Waals surface area (Å²) >= 11 is 0. The van der Waals surface area contributed by atoms with Crippen molar-refractivity contribution in [3.63, 3.8) is 0 Å². The van der Waals surface area contributed by atoms with Crippen LogP contribution in [0.4, 0.5) is 0 Å². The largest absolute Gasteiger partial charge is 0.343 e. The molecule has 158 valence electrons. The molecule has 0 bridgehead atoms. The van der Waals surface area contributed by atoms with Gasteiger partial charge in [0.05, 0.1) is 11.6 Å². The molecular weight excluding hydrogens is 384 g/mol. The predicted molar refractivity (Wildman–Crippen MR) is 122 cm³/mol. The third kappa shape index (κ3) is 4.08. The maximum absolute atomic E-state index is 13.1. The van der Waals surface area contributed by atoms with Crippen molar-refractivity contribution in [2.24, 2.45) is 0 Å². The molecule has 2 aliphatic rings. The lowest BCUT2D eigenvalue weighted by Gasteiger charge is -2.38. The molecule has 2 aromatic carbocycles. The number of carbonyl (C=O) groups is 1. The van der Waals surface area contributed by atoms with Gasteiger partial charge in [0, 0.05) is 61.4 Å². The van der Waals surface area contributed by atoms with Crippen molar-refractivity contribution >= 4 is 16.8 Å². The summed E-state index contributed by atoms with van der Waals surface area (Å²) in [5, 5.41) is 10.2. The molecule has 3 aromatic rings. The number of amides is 1. The molecule has 31 heavy (non-hydrogen) atoms. The maximum Gasteiger partial charge on any atom is 0.253 e. The first kappa shape index (κ1) is 19.8. The van der Waals surface area contributed by atoms with Crippen LogP contribution in [0, 0.1) is 11.3 Å². The minimum atomic E-state index is 0.141. The van der Waals surface area contributed by atoms with Crippen LogP contribution in [0.3, 0.4) is 0 Å². The van der Waals surface area contributed by atoms with Gasteiger partial charge in [0.15, 0.2) is 0 Å². The molecule has 1 saturated heterocycles. The molecule has 1 aromatic heterocycles. The van der Waals surface area contributed by atoms with Gasteiger partial charge in [-0.2, -0.15) is 5.26 Å². The standard InChI is InChI=1S/C26H28N4O/c27-18-20-4-3-5-21(16-20)19-30-11-10-22-17-23(8-9-25(22)30)26(31)29-14-12-28(13-15-29)24-6-1-2-7-24/h3-5,8-11,16-17,24H,1-2,6-7,12-15,19H2. The van der Waals surface area contributed by atoms with Gasteiger partial charge in [-0.15, -0.1) is 0 Å². The van der Waals surface area contributed by atoms with Crippen LogP contribution in [-0.2, 0) is 6.54 Å². The van der Waals surface area contributed by atoms with Gasteiger partial charge in [-0.05, 0) is 54.8 Å². The van der Waals surface area contributed by atoms with Gasteiger partial charge in [-0.3, -0.25) is 9.69 Å². The van der Waals surface area contributed by atoms with Crippen LogP contribution in [0.1, 0.15) is 47.2 Å². The molecule has 2 fully saturated rings. The Hall–Kier alpha value is -3.10. The Kier molecular flexibility index (Phi) is 5.48. The van der Waals surface area contributed by atoms with E-state index < -0.39 is 0 Å². The SMILES string of the molecule is N#Cc1cccc(Cn2ccc3cc(C(=O)N4CCN(C5CCCC5)CC4)ccc32)c1. The van der Waals surface area contributed by atoms with E-state index in [0.717, 1.165) is 54.3 Å². The van der Waals surface area contributed by atoms with Crippen molar-refractivity contribution < 1.29 is 4.79 Å². The van der Waals surface area contributed by atoms with E-state index in [9.17, 15) is 4.79 Å². The van der Waals surface area contributed by atoms with Crippen molar-refractivity contribution in [3.05, 3.63) is 71.4 Å². The minimum Gasteiger partial charge on any atom is -0.343 e. The number of nitrogens with zero attached hydrogens (tertiary/aromatic N) is 4. The quantitative estimate of drug-likeness (QED) is 0.643. The molecule has 0 unspecified atom stereocenters. The lowest BCUT2D eigenvalue weighted by molar-refractivity contribution is 0.0573. The highest BCUT2D eigenvalue weighted by Gasteiger charge is 2.28. The van der Waals surface area contributed by atoms with Crippen LogP contribution >= 0.6 is 0 Å². The van der Waals surface area contributed by atoms with Crippen LogP contribution in [0.2, 0.25) is 0 Å². The van der Waals surface area contributed by atoms with E-state index in [1.165, 1.54) is 25.7 Å². The molecule has 0 spiro atoms. The molecular formula is C26H28N4O. The molecule has 2 heterocycles. The van der Waals surface area contributed by atoms with Gasteiger partial charge >= 0.3 is 0 Å². The molecule has 1 amide bonds. The third-order valence-electron chi connectivity index (χ3n) is 6.87. The molecule has 0 atom stereocenters. The molecule has 5 nitrogen and oxygen atoms in total. The maximum atomic E-state index is 13.1. The molecule has 5 heteroatoms. The number of hydrogen-bond acceptors (Lipinski definition) is 3. The van der Waals surface area contributed by atoms with E-state index in [4.69, 9.17) is 5.26 Å². The van der Waals surface area contributed by atoms with Crippen LogP contribution in [0.15, 0.2) is 54.7 Å². The van der Waals surface area contributed by atoms with Crippen molar-refractivity contribution in [2.45, 2.75) is 38.3 Å². The van der Waals surface area contributed by atoms with E-state index in [-0.39, 0.29) is 5.91 Å². The lowest BCUT2D eigenvalue weighted by atomic mass is 10.1. The number of rotatable bonds is 4. The zero-order chi connectivity index (χ0) is 21.2. The monoisotopic (exact) mass is 412 g/mol. The van der Waals surface area contributed by atoms with Crippen LogP contribution in [0.25, 0.3) is 10.9 Å². The summed E-state index contributed by atoms with van der Waals surface area (Å²) in [7, 11) is 0. The summed E-state index contributed by atoms with van der Waals surface area (Å²) in [6, 6.07) is 18.7. The zero-order valence-corrected chi connectivity index (χ0v) is 17.8. The van der Waals surface area contributed by atoms with E-state index in [0.29, 0.717) is 12.1 Å². The van der Waals surface area contributed by atoms with E-state index in [1.807, 2.05) is 47.4 Å². The predicted octanol–water partition coefficient (Wildman–Crippen LogP) is 4.26. The number of nitriles is 1. The number of aromatic nitrogens is 1.